The Balaban J connectivity index is 1.93. The number of piperazine rings is 1. The molecular formula is C17H25N3. The largest absolute Gasteiger partial charge is 0.297 e. The normalized spacial score (nSPS) is 17.9. The molecule has 1 aromatic carbocycles. The van der Waals surface area contributed by atoms with Crippen LogP contribution in [0.25, 0.3) is 0 Å². The molecule has 0 N–H and O–H groups in total. The minimum Gasteiger partial charge on any atom is -0.297 e. The highest BCUT2D eigenvalue weighted by Gasteiger charge is 2.29. The van der Waals surface area contributed by atoms with Gasteiger partial charge in [-0.25, -0.2) is 0 Å². The quantitative estimate of drug-likeness (QED) is 0.847. The summed E-state index contributed by atoms with van der Waals surface area (Å²) in [6.45, 7) is 13.4. The van der Waals surface area contributed by atoms with E-state index in [2.05, 4.69) is 47.9 Å². The number of nitriles is 1. The van der Waals surface area contributed by atoms with Crippen LogP contribution in [0.2, 0.25) is 0 Å². The summed E-state index contributed by atoms with van der Waals surface area (Å²) in [5.74, 6) is 0. The Morgan fingerprint density at radius 3 is 2.10 bits per heavy atom. The van der Waals surface area contributed by atoms with E-state index in [1.165, 1.54) is 16.7 Å². The Kier molecular flexibility index (Phi) is 4.47. The maximum Gasteiger partial charge on any atom is 0.103 e. The number of hydrogen-bond donors (Lipinski definition) is 0. The van der Waals surface area contributed by atoms with E-state index < -0.39 is 0 Å². The molecule has 3 nitrogen and oxygen atoms in total. The molecule has 1 aliphatic heterocycles. The first kappa shape index (κ1) is 15.0. The minimum atomic E-state index is -0.341. The number of benzene rings is 1. The Hall–Kier alpha value is -1.37. The second-order valence-electron chi connectivity index (χ2n) is 6.43. The van der Waals surface area contributed by atoms with Crippen molar-refractivity contribution in [3.8, 4) is 6.07 Å². The SMILES string of the molecule is Cc1cc(C)cc(CN2CCN(C(C)(C)C#N)CC2)c1. The Labute approximate surface area is 122 Å². The van der Waals surface area contributed by atoms with E-state index >= 15 is 0 Å². The summed E-state index contributed by atoms with van der Waals surface area (Å²) in [6, 6.07) is 9.17. The lowest BCUT2D eigenvalue weighted by Crippen LogP contribution is -2.53. The van der Waals surface area contributed by atoms with Gasteiger partial charge in [-0.3, -0.25) is 9.80 Å². The molecule has 108 valence electrons. The first-order chi connectivity index (χ1) is 9.40. The third-order valence-electron chi connectivity index (χ3n) is 4.12. The molecule has 0 aromatic heterocycles. The van der Waals surface area contributed by atoms with Crippen LogP contribution >= 0.6 is 0 Å². The topological polar surface area (TPSA) is 30.3 Å². The average molecular weight is 271 g/mol. The van der Waals surface area contributed by atoms with Gasteiger partial charge in [0.15, 0.2) is 0 Å². The van der Waals surface area contributed by atoms with Crippen molar-refractivity contribution in [2.75, 3.05) is 26.2 Å². The van der Waals surface area contributed by atoms with E-state index in [9.17, 15) is 5.26 Å². The van der Waals surface area contributed by atoms with Gasteiger partial charge in [0, 0.05) is 32.7 Å². The third-order valence-corrected chi connectivity index (χ3v) is 4.12. The molecule has 0 saturated carbocycles. The van der Waals surface area contributed by atoms with Gasteiger partial charge in [-0.05, 0) is 33.3 Å². The number of rotatable bonds is 3. The molecule has 1 fully saturated rings. The van der Waals surface area contributed by atoms with Gasteiger partial charge in [0.2, 0.25) is 0 Å². The second-order valence-corrected chi connectivity index (χ2v) is 6.43. The molecule has 20 heavy (non-hydrogen) atoms. The molecule has 1 aliphatic rings. The fourth-order valence-electron chi connectivity index (χ4n) is 2.95. The Morgan fingerprint density at radius 1 is 1.05 bits per heavy atom. The summed E-state index contributed by atoms with van der Waals surface area (Å²) < 4.78 is 0. The van der Waals surface area contributed by atoms with Crippen molar-refractivity contribution in [3.63, 3.8) is 0 Å². The molecule has 0 bridgehead atoms. The molecule has 1 heterocycles. The number of nitrogens with zero attached hydrogens (tertiary/aromatic N) is 3. The van der Waals surface area contributed by atoms with Crippen molar-refractivity contribution in [2.24, 2.45) is 0 Å². The van der Waals surface area contributed by atoms with E-state index in [1.807, 2.05) is 13.8 Å². The first-order valence-corrected chi connectivity index (χ1v) is 7.36. The van der Waals surface area contributed by atoms with Crippen molar-refractivity contribution in [1.82, 2.24) is 9.80 Å². The molecule has 0 spiro atoms. The summed E-state index contributed by atoms with van der Waals surface area (Å²) in [5, 5.41) is 9.20. The monoisotopic (exact) mass is 271 g/mol. The minimum absolute atomic E-state index is 0.341. The third kappa shape index (κ3) is 3.59. The summed E-state index contributed by atoms with van der Waals surface area (Å²) in [5.41, 5.74) is 3.73. The molecule has 0 radical (unpaired) electrons. The van der Waals surface area contributed by atoms with Crippen LogP contribution in [-0.4, -0.2) is 41.5 Å². The maximum absolute atomic E-state index is 9.20. The molecule has 0 amide bonds. The van der Waals surface area contributed by atoms with E-state index in [1.54, 1.807) is 0 Å². The van der Waals surface area contributed by atoms with Crippen LogP contribution in [0.4, 0.5) is 0 Å². The summed E-state index contributed by atoms with van der Waals surface area (Å²) >= 11 is 0. The standard InChI is InChI=1S/C17H25N3/c1-14-9-15(2)11-16(10-14)12-19-5-7-20(8-6-19)17(3,4)13-18/h9-11H,5-8,12H2,1-4H3. The Bertz CT molecular complexity index is 485. The lowest BCUT2D eigenvalue weighted by molar-refractivity contribution is 0.0764. The lowest BCUT2D eigenvalue weighted by Gasteiger charge is -2.40. The van der Waals surface area contributed by atoms with Crippen molar-refractivity contribution in [1.29, 1.82) is 5.26 Å². The highest BCUT2D eigenvalue weighted by atomic mass is 15.3. The highest BCUT2D eigenvalue weighted by molar-refractivity contribution is 5.28. The van der Waals surface area contributed by atoms with Crippen molar-refractivity contribution < 1.29 is 0 Å². The van der Waals surface area contributed by atoms with Crippen LogP contribution in [0.15, 0.2) is 18.2 Å². The van der Waals surface area contributed by atoms with E-state index in [-0.39, 0.29) is 5.54 Å². The van der Waals surface area contributed by atoms with Gasteiger partial charge in [-0.15, -0.1) is 0 Å². The molecule has 0 unspecified atom stereocenters. The first-order valence-electron chi connectivity index (χ1n) is 7.36. The van der Waals surface area contributed by atoms with Crippen LogP contribution in [0.3, 0.4) is 0 Å². The van der Waals surface area contributed by atoms with Crippen LogP contribution in [0.1, 0.15) is 30.5 Å². The number of hydrogen-bond acceptors (Lipinski definition) is 3. The van der Waals surface area contributed by atoms with Gasteiger partial charge in [-0.1, -0.05) is 29.3 Å². The van der Waals surface area contributed by atoms with E-state index in [4.69, 9.17) is 0 Å². The smallest absolute Gasteiger partial charge is 0.103 e. The van der Waals surface area contributed by atoms with Gasteiger partial charge in [0.05, 0.1) is 6.07 Å². The summed E-state index contributed by atoms with van der Waals surface area (Å²) in [4.78, 5) is 4.77. The van der Waals surface area contributed by atoms with Gasteiger partial charge >= 0.3 is 0 Å². The molecule has 0 atom stereocenters. The zero-order chi connectivity index (χ0) is 14.8. The second kappa shape index (κ2) is 5.95. The fraction of sp³-hybridized carbons (Fsp3) is 0.588. The summed E-state index contributed by atoms with van der Waals surface area (Å²) in [7, 11) is 0. The zero-order valence-electron chi connectivity index (χ0n) is 13.1. The van der Waals surface area contributed by atoms with Crippen molar-refractivity contribution >= 4 is 0 Å². The van der Waals surface area contributed by atoms with Crippen LogP contribution in [0.5, 0.6) is 0 Å². The van der Waals surface area contributed by atoms with E-state index in [0.717, 1.165) is 32.7 Å². The zero-order valence-corrected chi connectivity index (χ0v) is 13.1. The van der Waals surface area contributed by atoms with Crippen LogP contribution < -0.4 is 0 Å². The van der Waals surface area contributed by atoms with Crippen LogP contribution in [-0.2, 0) is 6.54 Å². The predicted octanol–water partition coefficient (Wildman–Crippen LogP) is 2.72. The van der Waals surface area contributed by atoms with Crippen LogP contribution in [0, 0.1) is 25.2 Å². The average Bonchev–Trinajstić information content (AvgIpc) is 2.38. The molecule has 2 rings (SSSR count). The van der Waals surface area contributed by atoms with Crippen molar-refractivity contribution in [2.45, 2.75) is 39.8 Å². The molecule has 1 saturated heterocycles. The van der Waals surface area contributed by atoms with Gasteiger partial charge < -0.3 is 0 Å². The lowest BCUT2D eigenvalue weighted by atomic mass is 10.0. The number of aryl methyl sites for hydroxylation is 2. The fourth-order valence-corrected chi connectivity index (χ4v) is 2.95. The molecule has 3 heteroatoms. The predicted molar refractivity (Wildman–Crippen MR) is 82.5 cm³/mol. The maximum atomic E-state index is 9.20. The van der Waals surface area contributed by atoms with Gasteiger partial charge in [0.25, 0.3) is 0 Å². The summed E-state index contributed by atoms with van der Waals surface area (Å²) in [6.07, 6.45) is 0. The van der Waals surface area contributed by atoms with E-state index in [0.29, 0.717) is 0 Å². The molecule has 0 aliphatic carbocycles. The van der Waals surface area contributed by atoms with Gasteiger partial charge in [-0.2, -0.15) is 5.26 Å². The molecule has 1 aromatic rings. The van der Waals surface area contributed by atoms with Gasteiger partial charge in [0.1, 0.15) is 5.54 Å². The van der Waals surface area contributed by atoms with Crippen molar-refractivity contribution in [3.05, 3.63) is 34.9 Å². The Morgan fingerprint density at radius 2 is 1.60 bits per heavy atom. The molecular weight excluding hydrogens is 246 g/mol. The highest BCUT2D eigenvalue weighted by Crippen LogP contribution is 2.18.